The Morgan fingerprint density at radius 3 is 2.00 bits per heavy atom. The molecule has 0 radical (unpaired) electrons. The van der Waals surface area contributed by atoms with Crippen LogP contribution in [0.4, 0.5) is 5.69 Å². The van der Waals surface area contributed by atoms with Gasteiger partial charge in [-0.1, -0.05) is 30.3 Å². The number of para-hydroxylation sites is 1. The first-order valence-electron chi connectivity index (χ1n) is 7.10. The van der Waals surface area contributed by atoms with E-state index in [1.54, 1.807) is 36.7 Å². The second kappa shape index (κ2) is 7.09. The Kier molecular flexibility index (Phi) is 4.49. The van der Waals surface area contributed by atoms with Crippen molar-refractivity contribution in [3.8, 4) is 0 Å². The summed E-state index contributed by atoms with van der Waals surface area (Å²) in [5.74, 6) is 0.0541. The molecular formula is C18H14N4O. The van der Waals surface area contributed by atoms with Crippen molar-refractivity contribution in [2.45, 2.75) is 0 Å². The highest BCUT2D eigenvalue weighted by molar-refractivity contribution is 6.12. The lowest BCUT2D eigenvalue weighted by molar-refractivity contribution is 0.0972. The van der Waals surface area contributed by atoms with Crippen molar-refractivity contribution in [3.63, 3.8) is 0 Å². The van der Waals surface area contributed by atoms with E-state index in [1.807, 2.05) is 42.5 Å². The predicted molar refractivity (Wildman–Crippen MR) is 88.6 cm³/mol. The van der Waals surface area contributed by atoms with Gasteiger partial charge >= 0.3 is 0 Å². The standard InChI is InChI=1S/C18H14N4O/c23-18(16-11-5-7-13-20-16)22-17(15-10-4-6-12-19-15)21-14-8-2-1-3-9-14/h1-13H,(H,21,22,23). The first-order chi connectivity index (χ1) is 11.3. The monoisotopic (exact) mass is 302 g/mol. The summed E-state index contributed by atoms with van der Waals surface area (Å²) in [4.78, 5) is 25.1. The van der Waals surface area contributed by atoms with E-state index in [4.69, 9.17) is 0 Å². The maximum absolute atomic E-state index is 12.3. The zero-order chi connectivity index (χ0) is 15.9. The van der Waals surface area contributed by atoms with Crippen LogP contribution in [0, 0.1) is 0 Å². The van der Waals surface area contributed by atoms with Crippen molar-refractivity contribution in [2.24, 2.45) is 4.99 Å². The summed E-state index contributed by atoms with van der Waals surface area (Å²) in [6.45, 7) is 0. The summed E-state index contributed by atoms with van der Waals surface area (Å²) in [5.41, 5.74) is 1.64. The summed E-state index contributed by atoms with van der Waals surface area (Å²) in [5, 5.41) is 2.78. The Balaban J connectivity index is 1.93. The molecule has 0 bridgehead atoms. The lowest BCUT2D eigenvalue weighted by Crippen LogP contribution is -2.32. The molecule has 0 unspecified atom stereocenters. The van der Waals surface area contributed by atoms with Gasteiger partial charge in [0.1, 0.15) is 11.4 Å². The molecule has 0 saturated heterocycles. The molecule has 112 valence electrons. The fourth-order valence-electron chi connectivity index (χ4n) is 1.95. The zero-order valence-corrected chi connectivity index (χ0v) is 12.3. The zero-order valence-electron chi connectivity index (χ0n) is 12.3. The average Bonchev–Trinajstić information content (AvgIpc) is 2.63. The molecule has 0 atom stereocenters. The van der Waals surface area contributed by atoms with Gasteiger partial charge in [0.15, 0.2) is 5.84 Å². The number of nitrogens with zero attached hydrogens (tertiary/aromatic N) is 3. The summed E-state index contributed by atoms with van der Waals surface area (Å²) >= 11 is 0. The highest BCUT2D eigenvalue weighted by atomic mass is 16.1. The van der Waals surface area contributed by atoms with Crippen LogP contribution in [0.3, 0.4) is 0 Å². The quantitative estimate of drug-likeness (QED) is 0.597. The van der Waals surface area contributed by atoms with Crippen LogP contribution in [0.5, 0.6) is 0 Å². The fraction of sp³-hybridized carbons (Fsp3) is 0. The fourth-order valence-corrected chi connectivity index (χ4v) is 1.95. The molecule has 2 heterocycles. The number of aliphatic imine (C=N–C) groups is 1. The molecule has 0 fully saturated rings. The molecule has 1 N–H and O–H groups in total. The number of amidine groups is 1. The van der Waals surface area contributed by atoms with Gasteiger partial charge in [-0.3, -0.25) is 14.8 Å². The van der Waals surface area contributed by atoms with Crippen molar-refractivity contribution < 1.29 is 4.79 Å². The summed E-state index contributed by atoms with van der Waals surface area (Å²) < 4.78 is 0. The van der Waals surface area contributed by atoms with E-state index in [2.05, 4.69) is 20.3 Å². The Morgan fingerprint density at radius 1 is 0.783 bits per heavy atom. The van der Waals surface area contributed by atoms with Crippen molar-refractivity contribution >= 4 is 17.4 Å². The summed E-state index contributed by atoms with van der Waals surface area (Å²) in [6, 6.07) is 20.0. The van der Waals surface area contributed by atoms with Crippen molar-refractivity contribution in [1.82, 2.24) is 15.3 Å². The molecule has 3 rings (SSSR count). The predicted octanol–water partition coefficient (Wildman–Crippen LogP) is 2.98. The molecule has 1 aromatic carbocycles. The van der Waals surface area contributed by atoms with Crippen molar-refractivity contribution in [1.29, 1.82) is 0 Å². The maximum atomic E-state index is 12.3. The summed E-state index contributed by atoms with van der Waals surface area (Å²) in [7, 11) is 0. The van der Waals surface area contributed by atoms with Crippen LogP contribution >= 0.6 is 0 Å². The number of hydrogen-bond donors (Lipinski definition) is 1. The van der Waals surface area contributed by atoms with Gasteiger partial charge in [-0.05, 0) is 36.4 Å². The van der Waals surface area contributed by atoms with E-state index in [1.165, 1.54) is 0 Å². The number of carbonyl (C=O) groups excluding carboxylic acids is 1. The second-order valence-electron chi connectivity index (χ2n) is 4.68. The van der Waals surface area contributed by atoms with Gasteiger partial charge in [0.05, 0.1) is 5.69 Å². The highest BCUT2D eigenvalue weighted by Crippen LogP contribution is 2.11. The number of nitrogens with one attached hydrogen (secondary N) is 1. The number of pyridine rings is 2. The Bertz CT molecular complexity index is 802. The first kappa shape index (κ1) is 14.6. The minimum Gasteiger partial charge on any atom is -0.303 e. The van der Waals surface area contributed by atoms with Gasteiger partial charge in [0.2, 0.25) is 0 Å². The number of aromatic nitrogens is 2. The summed E-state index contributed by atoms with van der Waals surface area (Å²) in [6.07, 6.45) is 3.23. The molecule has 0 spiro atoms. The van der Waals surface area contributed by atoms with E-state index in [0.29, 0.717) is 17.2 Å². The molecule has 0 aliphatic heterocycles. The molecule has 5 heteroatoms. The maximum Gasteiger partial charge on any atom is 0.275 e. The van der Waals surface area contributed by atoms with Crippen LogP contribution in [0.2, 0.25) is 0 Å². The molecule has 3 aromatic rings. The second-order valence-corrected chi connectivity index (χ2v) is 4.68. The molecule has 0 saturated carbocycles. The minimum atomic E-state index is -0.328. The Hall–Kier alpha value is -3.34. The third-order valence-electron chi connectivity index (χ3n) is 3.03. The molecule has 2 aromatic heterocycles. The Labute approximate surface area is 133 Å². The van der Waals surface area contributed by atoms with Gasteiger partial charge in [0, 0.05) is 12.4 Å². The van der Waals surface area contributed by atoms with Gasteiger partial charge < -0.3 is 5.32 Å². The van der Waals surface area contributed by atoms with Crippen LogP contribution in [0.25, 0.3) is 0 Å². The highest BCUT2D eigenvalue weighted by Gasteiger charge is 2.12. The van der Waals surface area contributed by atoms with Gasteiger partial charge in [-0.2, -0.15) is 0 Å². The first-order valence-corrected chi connectivity index (χ1v) is 7.10. The lowest BCUT2D eigenvalue weighted by atomic mass is 10.3. The van der Waals surface area contributed by atoms with Crippen LogP contribution < -0.4 is 5.32 Å². The van der Waals surface area contributed by atoms with Crippen LogP contribution in [0.15, 0.2) is 84.1 Å². The topological polar surface area (TPSA) is 67.2 Å². The van der Waals surface area contributed by atoms with Crippen molar-refractivity contribution in [2.75, 3.05) is 0 Å². The number of benzene rings is 1. The number of amides is 1. The number of carbonyl (C=O) groups is 1. The smallest absolute Gasteiger partial charge is 0.275 e. The molecule has 5 nitrogen and oxygen atoms in total. The van der Waals surface area contributed by atoms with Gasteiger partial charge in [-0.15, -0.1) is 0 Å². The van der Waals surface area contributed by atoms with E-state index in [9.17, 15) is 4.79 Å². The largest absolute Gasteiger partial charge is 0.303 e. The van der Waals surface area contributed by atoms with E-state index >= 15 is 0 Å². The van der Waals surface area contributed by atoms with E-state index in [-0.39, 0.29) is 5.91 Å². The van der Waals surface area contributed by atoms with Gasteiger partial charge in [-0.25, -0.2) is 4.99 Å². The molecule has 0 aliphatic carbocycles. The number of hydrogen-bond acceptors (Lipinski definition) is 4. The molecule has 23 heavy (non-hydrogen) atoms. The van der Waals surface area contributed by atoms with Crippen molar-refractivity contribution in [3.05, 3.63) is 90.5 Å². The third kappa shape index (κ3) is 3.85. The molecular weight excluding hydrogens is 288 g/mol. The lowest BCUT2D eigenvalue weighted by Gasteiger charge is -2.08. The third-order valence-corrected chi connectivity index (χ3v) is 3.03. The minimum absolute atomic E-state index is 0.323. The van der Waals surface area contributed by atoms with Crippen LogP contribution in [-0.4, -0.2) is 21.7 Å². The van der Waals surface area contributed by atoms with Crippen LogP contribution in [0.1, 0.15) is 16.2 Å². The van der Waals surface area contributed by atoms with E-state index < -0.39 is 0 Å². The Morgan fingerprint density at radius 2 is 1.39 bits per heavy atom. The molecule has 1 amide bonds. The normalized spacial score (nSPS) is 11.0. The SMILES string of the molecule is O=C(NC(=Nc1ccccc1)c1ccccn1)c1ccccn1. The average molecular weight is 302 g/mol. The number of rotatable bonds is 3. The van der Waals surface area contributed by atoms with Gasteiger partial charge in [0.25, 0.3) is 5.91 Å². The van der Waals surface area contributed by atoms with E-state index in [0.717, 1.165) is 5.69 Å². The van der Waals surface area contributed by atoms with Crippen LogP contribution in [-0.2, 0) is 0 Å². The molecule has 0 aliphatic rings.